The summed E-state index contributed by atoms with van der Waals surface area (Å²) in [5.74, 6) is 1.44. The second-order valence-electron chi connectivity index (χ2n) is 13.1. The van der Waals surface area contributed by atoms with E-state index in [0.29, 0.717) is 57.5 Å². The monoisotopic (exact) mass is 890 g/mol. The van der Waals surface area contributed by atoms with Gasteiger partial charge in [0.2, 0.25) is 0 Å². The summed E-state index contributed by atoms with van der Waals surface area (Å²) in [7, 11) is 0. The second kappa shape index (κ2) is 16.6. The first-order chi connectivity index (χ1) is 28.9. The number of carbonyl (C=O) groups excluding carboxylic acids is 1. The van der Waals surface area contributed by atoms with Crippen molar-refractivity contribution in [3.05, 3.63) is 222 Å². The van der Waals surface area contributed by atoms with Crippen molar-refractivity contribution in [3.63, 3.8) is 0 Å². The van der Waals surface area contributed by atoms with Crippen LogP contribution in [0.15, 0.2) is 206 Å². The molecule has 9 aromatic rings. The second-order valence-corrected chi connectivity index (χ2v) is 17.4. The summed E-state index contributed by atoms with van der Waals surface area (Å²) >= 11 is -3.31. The Balaban J connectivity index is 1.27. The standard InChI is InChI=1S/C49H31IO9/c51-44-27-23-32-21-25-35(29-41(32)57-44)50(36-26-22-33-24-28-45(52)58-42(33)30-36)59-49(53)40-31-43(54-37-15-7-2-8-16-37)47(55-38-17-9-3-10-18-38)48(56-39-19-11-4-12-20-39)46(40)34-13-5-1-6-14-34/h1-31H. The normalized spacial score (nSPS) is 11.2. The molecule has 0 aliphatic carbocycles. The van der Waals surface area contributed by atoms with Crippen LogP contribution in [0.5, 0.6) is 34.5 Å². The van der Waals surface area contributed by atoms with Crippen molar-refractivity contribution < 1.29 is 30.9 Å². The van der Waals surface area contributed by atoms with Gasteiger partial charge in [-0.05, 0) is 0 Å². The molecule has 0 unspecified atom stereocenters. The van der Waals surface area contributed by atoms with Gasteiger partial charge in [0.25, 0.3) is 0 Å². The van der Waals surface area contributed by atoms with E-state index >= 15 is 4.79 Å². The fourth-order valence-electron chi connectivity index (χ4n) is 6.38. The zero-order chi connectivity index (χ0) is 40.1. The molecular formula is C49H31IO9. The van der Waals surface area contributed by atoms with E-state index in [1.54, 1.807) is 42.5 Å². The van der Waals surface area contributed by atoms with Crippen LogP contribution in [0.2, 0.25) is 0 Å². The van der Waals surface area contributed by atoms with Crippen LogP contribution in [0.1, 0.15) is 10.4 Å². The Bertz CT molecular complexity index is 2970. The van der Waals surface area contributed by atoms with E-state index in [1.807, 2.05) is 133 Å². The van der Waals surface area contributed by atoms with Gasteiger partial charge in [0, 0.05) is 0 Å². The summed E-state index contributed by atoms with van der Waals surface area (Å²) in [5, 5.41) is 1.40. The van der Waals surface area contributed by atoms with Crippen molar-refractivity contribution in [1.82, 2.24) is 0 Å². The number of hydrogen-bond donors (Lipinski definition) is 0. The molecule has 0 fully saturated rings. The number of ether oxygens (including phenoxy) is 3. The van der Waals surface area contributed by atoms with E-state index in [-0.39, 0.29) is 22.8 Å². The Labute approximate surface area is 344 Å². The predicted molar refractivity (Wildman–Crippen MR) is 233 cm³/mol. The number of fused-ring (bicyclic) bond motifs is 2. The van der Waals surface area contributed by atoms with Crippen molar-refractivity contribution in [2.45, 2.75) is 0 Å². The quantitative estimate of drug-likeness (QED) is 0.0925. The summed E-state index contributed by atoms with van der Waals surface area (Å²) in [6, 6.07) is 55.4. The van der Waals surface area contributed by atoms with Crippen LogP contribution in [-0.2, 0) is 3.07 Å². The fraction of sp³-hybridized carbons (Fsp3) is 0. The summed E-state index contributed by atoms with van der Waals surface area (Å²) in [5.41, 5.74) is 0.833. The van der Waals surface area contributed by atoms with Gasteiger partial charge in [-0.1, -0.05) is 0 Å². The van der Waals surface area contributed by atoms with Crippen LogP contribution < -0.4 is 25.5 Å². The van der Waals surface area contributed by atoms with Crippen molar-refractivity contribution in [2.24, 2.45) is 0 Å². The van der Waals surface area contributed by atoms with Crippen LogP contribution in [0.3, 0.4) is 0 Å². The van der Waals surface area contributed by atoms with Crippen molar-refractivity contribution in [1.29, 1.82) is 0 Å². The molecule has 0 aliphatic rings. The molecule has 59 heavy (non-hydrogen) atoms. The number of rotatable bonds is 11. The summed E-state index contributed by atoms with van der Waals surface area (Å²) in [6.45, 7) is 0. The Kier molecular flexibility index (Phi) is 10.4. The van der Waals surface area contributed by atoms with Crippen molar-refractivity contribution >= 4 is 48.1 Å². The number of para-hydroxylation sites is 3. The molecule has 0 radical (unpaired) electrons. The van der Waals surface area contributed by atoms with Crippen molar-refractivity contribution in [3.8, 4) is 45.6 Å². The third kappa shape index (κ3) is 8.20. The van der Waals surface area contributed by atoms with Crippen LogP contribution in [0.4, 0.5) is 0 Å². The predicted octanol–water partition coefficient (Wildman–Crippen LogP) is 12.3. The summed E-state index contributed by atoms with van der Waals surface area (Å²) in [4.78, 5) is 39.8. The molecule has 0 N–H and O–H groups in total. The third-order valence-corrected chi connectivity index (χ3v) is 13.5. The molecule has 0 bridgehead atoms. The van der Waals surface area contributed by atoms with Gasteiger partial charge in [-0.25, -0.2) is 0 Å². The minimum atomic E-state index is -3.31. The summed E-state index contributed by atoms with van der Waals surface area (Å²) in [6.07, 6.45) is 0. The molecule has 0 saturated carbocycles. The molecule has 0 spiro atoms. The number of hydrogen-bond acceptors (Lipinski definition) is 9. The topological polar surface area (TPSA) is 114 Å². The van der Waals surface area contributed by atoms with Crippen LogP contribution in [0.25, 0.3) is 33.1 Å². The molecular weight excluding hydrogens is 859 g/mol. The maximum atomic E-state index is 15.2. The van der Waals surface area contributed by atoms with E-state index < -0.39 is 37.5 Å². The van der Waals surface area contributed by atoms with Gasteiger partial charge in [0.05, 0.1) is 0 Å². The molecule has 0 saturated heterocycles. The number of carbonyl (C=O) groups is 1. The zero-order valence-electron chi connectivity index (χ0n) is 31.0. The van der Waals surface area contributed by atoms with Gasteiger partial charge in [0.15, 0.2) is 0 Å². The average Bonchev–Trinajstić information content (AvgIpc) is 3.27. The van der Waals surface area contributed by atoms with Gasteiger partial charge < -0.3 is 0 Å². The van der Waals surface area contributed by atoms with Crippen LogP contribution in [-0.4, -0.2) is 5.97 Å². The minimum absolute atomic E-state index is 0.135. The van der Waals surface area contributed by atoms with Gasteiger partial charge in [-0.2, -0.15) is 0 Å². The Hall–Kier alpha value is -7.44. The van der Waals surface area contributed by atoms with Gasteiger partial charge >= 0.3 is 346 Å². The van der Waals surface area contributed by atoms with Crippen molar-refractivity contribution in [2.75, 3.05) is 0 Å². The van der Waals surface area contributed by atoms with E-state index in [0.717, 1.165) is 0 Å². The molecule has 9 nitrogen and oxygen atoms in total. The Morgan fingerprint density at radius 1 is 0.458 bits per heavy atom. The van der Waals surface area contributed by atoms with Gasteiger partial charge in [-0.15, -0.1) is 0 Å². The molecule has 0 atom stereocenters. The molecule has 0 aliphatic heterocycles. The maximum absolute atomic E-state index is 15.2. The number of benzene rings is 7. The van der Waals surface area contributed by atoms with Gasteiger partial charge in [-0.3, -0.25) is 0 Å². The third-order valence-electron chi connectivity index (χ3n) is 9.10. The van der Waals surface area contributed by atoms with Gasteiger partial charge in [0.1, 0.15) is 0 Å². The first-order valence-corrected chi connectivity index (χ1v) is 21.4. The molecule has 2 heterocycles. The first kappa shape index (κ1) is 37.2. The van der Waals surface area contributed by atoms with E-state index in [9.17, 15) is 9.59 Å². The molecule has 7 aromatic carbocycles. The van der Waals surface area contributed by atoms with E-state index in [1.165, 1.54) is 12.1 Å². The first-order valence-electron chi connectivity index (χ1n) is 18.4. The Morgan fingerprint density at radius 3 is 1.41 bits per heavy atom. The number of halogens is 1. The molecule has 0 amide bonds. The fourth-order valence-corrected chi connectivity index (χ4v) is 10.4. The van der Waals surface area contributed by atoms with Crippen LogP contribution >= 0.6 is 20.2 Å². The Morgan fingerprint density at radius 2 is 0.898 bits per heavy atom. The zero-order valence-corrected chi connectivity index (χ0v) is 33.1. The van der Waals surface area contributed by atoms with E-state index in [2.05, 4.69) is 0 Å². The summed E-state index contributed by atoms with van der Waals surface area (Å²) < 4.78 is 39.1. The molecule has 10 heteroatoms. The molecule has 2 aromatic heterocycles. The van der Waals surface area contributed by atoms with Crippen LogP contribution in [0, 0.1) is 7.14 Å². The average molecular weight is 891 g/mol. The molecule has 288 valence electrons. The SMILES string of the molecule is O=C(OI(c1ccc2ccc(=O)oc2c1)c1ccc2ccc(=O)oc2c1)c1cc(Oc2ccccc2)c(Oc2ccccc2)c(Oc2ccccc2)c1-c1ccccc1. The van der Waals surface area contributed by atoms with E-state index in [4.69, 9.17) is 26.1 Å². The molecule has 9 rings (SSSR count).